The lowest BCUT2D eigenvalue weighted by molar-refractivity contribution is -0.275. The van der Waals surface area contributed by atoms with E-state index < -0.39 is 8.25 Å². The Bertz CT molecular complexity index is 30.5. The number of quaternary nitrogens is 1. The highest BCUT2D eigenvalue weighted by molar-refractivity contribution is 7.30. The average Bonchev–Trinajstić information content (AvgIpc) is 1.41. The van der Waals surface area contributed by atoms with Gasteiger partial charge < -0.3 is 20.9 Å². The maximum Gasteiger partial charge on any atom is 0.314 e. The molecule has 0 aromatic carbocycles. The van der Waals surface area contributed by atoms with Crippen LogP contribution in [-0.4, -0.2) is 9.79 Å². The van der Waals surface area contributed by atoms with Gasteiger partial charge in [0, 0.05) is 0 Å². The van der Waals surface area contributed by atoms with Gasteiger partial charge in [-0.2, -0.15) is 0 Å². The van der Waals surface area contributed by atoms with Crippen LogP contribution in [0, 0.1) is 5.21 Å². The molecule has 0 aromatic heterocycles. The highest BCUT2D eigenvalue weighted by Crippen LogP contribution is 1.98. The van der Waals surface area contributed by atoms with Crippen LogP contribution in [0.15, 0.2) is 0 Å². The summed E-state index contributed by atoms with van der Waals surface area (Å²) in [5.41, 5.74) is 0. The van der Waals surface area contributed by atoms with Crippen LogP contribution in [-0.2, 0) is 4.57 Å². The van der Waals surface area contributed by atoms with Gasteiger partial charge >= 0.3 is 8.25 Å². The van der Waals surface area contributed by atoms with Gasteiger partial charge in [0.05, 0.1) is 0 Å². The van der Waals surface area contributed by atoms with Crippen LogP contribution in [0.2, 0.25) is 0 Å². The van der Waals surface area contributed by atoms with Gasteiger partial charge in [0.2, 0.25) is 0 Å². The van der Waals surface area contributed by atoms with E-state index in [9.17, 15) is 0 Å². The quantitative estimate of drug-likeness (QED) is 0.252. The summed E-state index contributed by atoms with van der Waals surface area (Å²) < 4.78 is 8.74. The van der Waals surface area contributed by atoms with Crippen LogP contribution in [0.25, 0.3) is 0 Å². The van der Waals surface area contributed by atoms with E-state index in [1.54, 1.807) is 0 Å². The van der Waals surface area contributed by atoms with E-state index in [1.165, 1.54) is 0 Å². The maximum absolute atomic E-state index is 8.74. The molecule has 0 saturated carbocycles. The first kappa shape index (κ1) is 9.42. The first-order chi connectivity index (χ1) is 2.73. The van der Waals surface area contributed by atoms with Crippen molar-refractivity contribution in [3.8, 4) is 0 Å². The lowest BCUT2D eigenvalue weighted by Crippen LogP contribution is -2.37. The summed E-state index contributed by atoms with van der Waals surface area (Å²) in [4.78, 5) is 14.3. The molecule has 0 aliphatic heterocycles. The van der Waals surface area contributed by atoms with E-state index in [1.807, 2.05) is 5.90 Å². The summed E-state index contributed by atoms with van der Waals surface area (Å²) in [5.74, 6) is 2.00. The van der Waals surface area contributed by atoms with Gasteiger partial charge in [-0.15, -0.1) is 0 Å². The van der Waals surface area contributed by atoms with Crippen molar-refractivity contribution in [3.63, 3.8) is 0 Å². The molecule has 0 rings (SSSR count). The number of hydrogen-bond acceptors (Lipinski definition) is 2. The third-order valence-corrected chi connectivity index (χ3v) is 0. The van der Waals surface area contributed by atoms with Crippen LogP contribution < -0.4 is 5.90 Å². The highest BCUT2D eigenvalue weighted by atomic mass is 31.1. The Kier molecular flexibility index (Phi) is 14.0. The summed E-state index contributed by atoms with van der Waals surface area (Å²) >= 11 is 0. The largest absolute Gasteiger partial charge is 0.637 e. The molecule has 0 unspecified atom stereocenters. The molecule has 0 bridgehead atoms. The smallest absolute Gasteiger partial charge is 0.314 e. The summed E-state index contributed by atoms with van der Waals surface area (Å²) in [7, 11) is -3.13. The lowest BCUT2D eigenvalue weighted by Gasteiger charge is -1.61. The molecule has 0 fully saturated rings. The minimum absolute atomic E-state index is 2.00. The van der Waals surface area contributed by atoms with Gasteiger partial charge in [0.1, 0.15) is 0 Å². The molecule has 0 aromatic rings. The molecule has 5 N–H and O–H groups in total. The van der Waals surface area contributed by atoms with E-state index in [0.717, 1.165) is 0 Å². The maximum atomic E-state index is 8.74. The van der Waals surface area contributed by atoms with Crippen molar-refractivity contribution in [1.82, 2.24) is 0 Å². The second kappa shape index (κ2) is 8.91. The molecule has 40 valence electrons. The van der Waals surface area contributed by atoms with Crippen LogP contribution in [0.5, 0.6) is 0 Å². The van der Waals surface area contributed by atoms with Gasteiger partial charge in [-0.25, -0.2) is 0 Å². The van der Waals surface area contributed by atoms with E-state index in [4.69, 9.17) is 19.6 Å². The molecule has 6 heteroatoms. The van der Waals surface area contributed by atoms with Gasteiger partial charge in [-0.05, 0) is 0 Å². The third-order valence-electron chi connectivity index (χ3n) is 0. The second-order valence-corrected chi connectivity index (χ2v) is 0.848. The van der Waals surface area contributed by atoms with Crippen molar-refractivity contribution >= 4 is 8.25 Å². The zero-order valence-corrected chi connectivity index (χ0v) is 3.92. The molecule has 0 atom stereocenters. The van der Waals surface area contributed by atoms with Crippen molar-refractivity contribution in [2.75, 3.05) is 0 Å². The first-order valence-corrected chi connectivity index (χ1v) is 2.24. The van der Waals surface area contributed by atoms with Gasteiger partial charge in [-0.1, -0.05) is 0 Å². The molecule has 5 nitrogen and oxygen atoms in total. The molecule has 0 saturated heterocycles. The molecule has 0 heterocycles. The van der Waals surface area contributed by atoms with Crippen LogP contribution >= 0.6 is 8.25 Å². The van der Waals surface area contributed by atoms with E-state index in [-0.39, 0.29) is 0 Å². The fourth-order valence-corrected chi connectivity index (χ4v) is 0. The second-order valence-electron chi connectivity index (χ2n) is 0.283. The fourth-order valence-electron chi connectivity index (χ4n) is 0. The van der Waals surface area contributed by atoms with E-state index in [2.05, 4.69) is 0 Å². The summed E-state index contributed by atoms with van der Waals surface area (Å²) in [5, 5.41) is 8.00. The number of hydrogen-bond donors (Lipinski definition) is 3. The average molecular weight is 115 g/mol. The van der Waals surface area contributed by atoms with Crippen LogP contribution in [0.1, 0.15) is 0 Å². The Morgan fingerprint density at radius 1 is 1.50 bits per heavy atom. The topological polar surface area (TPSA) is 108 Å². The monoisotopic (exact) mass is 115 g/mol. The fraction of sp³-hybridized carbons (Fsp3) is 0. The number of rotatable bonds is 0. The minimum Gasteiger partial charge on any atom is -0.637 e. The van der Waals surface area contributed by atoms with Crippen LogP contribution in [0.3, 0.4) is 0 Å². The van der Waals surface area contributed by atoms with Gasteiger partial charge in [0.15, 0.2) is 0 Å². The summed E-state index contributed by atoms with van der Waals surface area (Å²) in [6.07, 6.45) is 0. The van der Waals surface area contributed by atoms with E-state index in [0.29, 0.717) is 0 Å². The SMILES string of the molecule is O=[PH](O)O.[NH3+][O-]. The Balaban J connectivity index is 0. The molecule has 0 radical (unpaired) electrons. The Hall–Kier alpha value is 0.0700. The molecule has 0 amide bonds. The Labute approximate surface area is 34.9 Å². The first-order valence-electron chi connectivity index (χ1n) is 0.940. The molecule has 0 aliphatic carbocycles. The molecule has 6 heavy (non-hydrogen) atoms. The highest BCUT2D eigenvalue weighted by Gasteiger charge is 1.61. The van der Waals surface area contributed by atoms with Crippen LogP contribution in [0.4, 0.5) is 0 Å². The third kappa shape index (κ3) is 7830. The normalized spacial score (nSPS) is 6.83. The van der Waals surface area contributed by atoms with Crippen molar-refractivity contribution in [2.24, 2.45) is 0 Å². The zero-order chi connectivity index (χ0) is 5.58. The predicted octanol–water partition coefficient (Wildman–Crippen LogP) is -1.91. The predicted molar refractivity (Wildman–Crippen MR) is 19.7 cm³/mol. The zero-order valence-electron chi connectivity index (χ0n) is 2.92. The molecular formula is H6NO4P. The summed E-state index contributed by atoms with van der Waals surface area (Å²) in [6.45, 7) is 0. The van der Waals surface area contributed by atoms with Crippen molar-refractivity contribution in [2.45, 2.75) is 0 Å². The van der Waals surface area contributed by atoms with E-state index >= 15 is 0 Å². The van der Waals surface area contributed by atoms with Crippen molar-refractivity contribution in [1.29, 1.82) is 0 Å². The van der Waals surface area contributed by atoms with Crippen molar-refractivity contribution < 1.29 is 20.2 Å². The molecule has 0 aliphatic rings. The van der Waals surface area contributed by atoms with Crippen molar-refractivity contribution in [3.05, 3.63) is 5.21 Å². The minimum atomic E-state index is -3.13. The standard InChI is InChI=1S/H3NO.H3O3P/c1-2;1-4(2)3/h1H3;4H,(H2,1,2,3). The van der Waals surface area contributed by atoms with Gasteiger partial charge in [0.25, 0.3) is 0 Å². The Morgan fingerprint density at radius 3 is 1.50 bits per heavy atom. The van der Waals surface area contributed by atoms with Gasteiger partial charge in [-0.3, -0.25) is 4.57 Å². The molecular weight excluding hydrogens is 109 g/mol. The summed E-state index contributed by atoms with van der Waals surface area (Å²) in [6, 6.07) is 0. The lowest BCUT2D eigenvalue weighted by atomic mass is 13.6. The Morgan fingerprint density at radius 2 is 1.50 bits per heavy atom. The molecule has 0 spiro atoms.